The first-order valence-corrected chi connectivity index (χ1v) is 7.32. The van der Waals surface area contributed by atoms with Crippen LogP contribution in [0.5, 0.6) is 0 Å². The number of β-amino-alcohol motifs (C(OH)–C–C–N with tert-alkyl or cyclic N) is 1. The number of rotatable bonds is 5. The van der Waals surface area contributed by atoms with Crippen molar-refractivity contribution in [3.8, 4) is 0 Å². The fourth-order valence-electron chi connectivity index (χ4n) is 3.40. The van der Waals surface area contributed by atoms with Crippen LogP contribution in [0.3, 0.4) is 0 Å². The van der Waals surface area contributed by atoms with Gasteiger partial charge in [-0.05, 0) is 39.3 Å². The molecule has 0 amide bonds. The highest BCUT2D eigenvalue weighted by Crippen LogP contribution is 2.50. The standard InChI is InChI=1S/C14H27NO3/c1-3-11(16)10-15-7-5-14(6-8-15)12(17)9-13(14)18-4-2/h11-13,16-17H,3-10H2,1-2H3/t11-,12-,13-/m1/s1. The Morgan fingerprint density at radius 1 is 1.33 bits per heavy atom. The highest BCUT2D eigenvalue weighted by atomic mass is 16.5. The van der Waals surface area contributed by atoms with Gasteiger partial charge in [0.25, 0.3) is 0 Å². The summed E-state index contributed by atoms with van der Waals surface area (Å²) in [6, 6.07) is 0. The molecule has 3 atom stereocenters. The van der Waals surface area contributed by atoms with E-state index in [1.165, 1.54) is 0 Å². The molecule has 0 radical (unpaired) electrons. The minimum Gasteiger partial charge on any atom is -0.392 e. The zero-order valence-electron chi connectivity index (χ0n) is 11.6. The normalized spacial score (nSPS) is 33.3. The molecule has 2 N–H and O–H groups in total. The Morgan fingerprint density at radius 2 is 2.00 bits per heavy atom. The van der Waals surface area contributed by atoms with Crippen molar-refractivity contribution < 1.29 is 14.9 Å². The molecule has 0 aromatic heterocycles. The van der Waals surface area contributed by atoms with Crippen molar-refractivity contribution in [1.82, 2.24) is 4.90 Å². The molecule has 106 valence electrons. The maximum atomic E-state index is 10.1. The Balaban J connectivity index is 1.85. The van der Waals surface area contributed by atoms with E-state index in [-0.39, 0.29) is 23.7 Å². The summed E-state index contributed by atoms with van der Waals surface area (Å²) in [5.74, 6) is 0. The third-order valence-corrected chi connectivity index (χ3v) is 4.84. The van der Waals surface area contributed by atoms with Gasteiger partial charge in [-0.1, -0.05) is 6.92 Å². The number of aliphatic hydroxyl groups is 2. The number of hydrogen-bond acceptors (Lipinski definition) is 4. The first-order chi connectivity index (χ1) is 8.62. The fraction of sp³-hybridized carbons (Fsp3) is 1.00. The van der Waals surface area contributed by atoms with Crippen molar-refractivity contribution in [1.29, 1.82) is 0 Å². The Kier molecular flexibility index (Phi) is 4.64. The van der Waals surface area contributed by atoms with Crippen LogP contribution in [0.15, 0.2) is 0 Å². The molecule has 1 aliphatic heterocycles. The summed E-state index contributed by atoms with van der Waals surface area (Å²) < 4.78 is 5.75. The zero-order chi connectivity index (χ0) is 13.2. The molecule has 4 nitrogen and oxygen atoms in total. The molecule has 2 rings (SSSR count). The number of aliphatic hydroxyl groups excluding tert-OH is 2. The van der Waals surface area contributed by atoms with Gasteiger partial charge in [-0.15, -0.1) is 0 Å². The molecule has 4 heteroatoms. The van der Waals surface area contributed by atoms with Gasteiger partial charge < -0.3 is 19.8 Å². The van der Waals surface area contributed by atoms with Crippen molar-refractivity contribution >= 4 is 0 Å². The lowest BCUT2D eigenvalue weighted by atomic mass is 9.58. The van der Waals surface area contributed by atoms with Gasteiger partial charge in [-0.25, -0.2) is 0 Å². The lowest BCUT2D eigenvalue weighted by Gasteiger charge is -2.56. The van der Waals surface area contributed by atoms with Crippen LogP contribution < -0.4 is 0 Å². The molecule has 18 heavy (non-hydrogen) atoms. The summed E-state index contributed by atoms with van der Waals surface area (Å²) in [6.45, 7) is 7.47. The van der Waals surface area contributed by atoms with Crippen molar-refractivity contribution in [2.24, 2.45) is 5.41 Å². The van der Waals surface area contributed by atoms with Crippen LogP contribution in [0.2, 0.25) is 0 Å². The predicted molar refractivity (Wildman–Crippen MR) is 70.4 cm³/mol. The van der Waals surface area contributed by atoms with Gasteiger partial charge in [0.1, 0.15) is 0 Å². The molecule has 2 aliphatic rings. The van der Waals surface area contributed by atoms with Gasteiger partial charge >= 0.3 is 0 Å². The van der Waals surface area contributed by atoms with Crippen molar-refractivity contribution in [2.45, 2.75) is 57.8 Å². The van der Waals surface area contributed by atoms with Crippen LogP contribution in [-0.2, 0) is 4.74 Å². The van der Waals surface area contributed by atoms with Gasteiger partial charge in [0.2, 0.25) is 0 Å². The molecule has 1 heterocycles. The van der Waals surface area contributed by atoms with E-state index in [0.717, 1.165) is 51.9 Å². The lowest BCUT2D eigenvalue weighted by Crippen LogP contribution is -2.62. The SMILES string of the molecule is CCO[C@@H]1C[C@@H](O)C12CCN(C[C@H](O)CC)CC2. The number of nitrogens with zero attached hydrogens (tertiary/aromatic N) is 1. The van der Waals surface area contributed by atoms with E-state index >= 15 is 0 Å². The van der Waals surface area contributed by atoms with E-state index in [4.69, 9.17) is 4.74 Å². The fourth-order valence-corrected chi connectivity index (χ4v) is 3.40. The summed E-state index contributed by atoms with van der Waals surface area (Å²) >= 11 is 0. The lowest BCUT2D eigenvalue weighted by molar-refractivity contribution is -0.210. The first kappa shape index (κ1) is 14.3. The van der Waals surface area contributed by atoms with Crippen molar-refractivity contribution in [3.05, 3.63) is 0 Å². The summed E-state index contributed by atoms with van der Waals surface area (Å²) in [5, 5.41) is 19.8. The molecule has 0 unspecified atom stereocenters. The third-order valence-electron chi connectivity index (χ3n) is 4.84. The average molecular weight is 257 g/mol. The van der Waals surface area contributed by atoms with Crippen LogP contribution in [0.1, 0.15) is 39.5 Å². The molecule has 2 fully saturated rings. The second-order valence-corrected chi connectivity index (χ2v) is 5.79. The van der Waals surface area contributed by atoms with E-state index in [0.29, 0.717) is 0 Å². The van der Waals surface area contributed by atoms with Crippen molar-refractivity contribution in [3.63, 3.8) is 0 Å². The van der Waals surface area contributed by atoms with Crippen LogP contribution in [0, 0.1) is 5.41 Å². The van der Waals surface area contributed by atoms with Gasteiger partial charge in [-0.2, -0.15) is 0 Å². The van der Waals surface area contributed by atoms with Crippen LogP contribution in [-0.4, -0.2) is 59.7 Å². The minimum absolute atomic E-state index is 0.00365. The maximum absolute atomic E-state index is 10.1. The smallest absolute Gasteiger partial charge is 0.0681 e. The quantitative estimate of drug-likeness (QED) is 0.772. The zero-order valence-corrected chi connectivity index (χ0v) is 11.6. The highest BCUT2D eigenvalue weighted by molar-refractivity contribution is 5.06. The molecule has 0 aromatic rings. The highest BCUT2D eigenvalue weighted by Gasteiger charge is 2.55. The first-order valence-electron chi connectivity index (χ1n) is 7.32. The molecule has 0 bridgehead atoms. The summed E-state index contributed by atoms with van der Waals surface area (Å²) in [6.07, 6.45) is 3.44. The Labute approximate surface area is 110 Å². The molecular weight excluding hydrogens is 230 g/mol. The Morgan fingerprint density at radius 3 is 2.50 bits per heavy atom. The summed E-state index contributed by atoms with van der Waals surface area (Å²) in [5.41, 5.74) is 0.00365. The van der Waals surface area contributed by atoms with E-state index in [1.807, 2.05) is 13.8 Å². The average Bonchev–Trinajstić information content (AvgIpc) is 2.39. The minimum atomic E-state index is -0.215. The summed E-state index contributed by atoms with van der Waals surface area (Å²) in [4.78, 5) is 2.31. The number of ether oxygens (including phenoxy) is 1. The summed E-state index contributed by atoms with van der Waals surface area (Å²) in [7, 11) is 0. The Bertz CT molecular complexity index is 262. The molecule has 1 saturated heterocycles. The molecule has 0 aromatic carbocycles. The topological polar surface area (TPSA) is 52.9 Å². The molecule has 1 saturated carbocycles. The van der Waals surface area contributed by atoms with Gasteiger partial charge in [0.05, 0.1) is 18.3 Å². The van der Waals surface area contributed by atoms with Gasteiger partial charge in [0.15, 0.2) is 0 Å². The van der Waals surface area contributed by atoms with Crippen LogP contribution in [0.4, 0.5) is 0 Å². The van der Waals surface area contributed by atoms with Crippen molar-refractivity contribution in [2.75, 3.05) is 26.2 Å². The second kappa shape index (κ2) is 5.87. The van der Waals surface area contributed by atoms with E-state index in [9.17, 15) is 10.2 Å². The molecular formula is C14H27NO3. The monoisotopic (exact) mass is 257 g/mol. The van der Waals surface area contributed by atoms with Crippen LogP contribution >= 0.6 is 0 Å². The second-order valence-electron chi connectivity index (χ2n) is 5.79. The Hall–Kier alpha value is -0.160. The van der Waals surface area contributed by atoms with Crippen LogP contribution in [0.25, 0.3) is 0 Å². The predicted octanol–water partition coefficient (Wildman–Crippen LogP) is 1.01. The van der Waals surface area contributed by atoms with E-state index in [1.54, 1.807) is 0 Å². The number of hydrogen-bond donors (Lipinski definition) is 2. The third kappa shape index (κ3) is 2.57. The van der Waals surface area contributed by atoms with Gasteiger partial charge in [0, 0.05) is 25.0 Å². The van der Waals surface area contributed by atoms with E-state index in [2.05, 4.69) is 4.90 Å². The maximum Gasteiger partial charge on any atom is 0.0681 e. The molecule has 1 spiro atoms. The number of piperidine rings is 1. The van der Waals surface area contributed by atoms with Gasteiger partial charge in [-0.3, -0.25) is 0 Å². The molecule has 1 aliphatic carbocycles. The van der Waals surface area contributed by atoms with E-state index < -0.39 is 0 Å². The largest absolute Gasteiger partial charge is 0.392 e. The number of likely N-dealkylation sites (tertiary alicyclic amines) is 1.